The molecule has 0 saturated heterocycles. The number of nitrogens with zero attached hydrogens (tertiary/aromatic N) is 1. The van der Waals surface area contributed by atoms with E-state index in [0.29, 0.717) is 0 Å². The third-order valence-corrected chi connectivity index (χ3v) is 0.637. The Morgan fingerprint density at radius 1 is 1.40 bits per heavy atom. The van der Waals surface area contributed by atoms with Crippen LogP contribution in [0.1, 0.15) is 0 Å². The predicted molar refractivity (Wildman–Crippen MR) is 31.9 cm³/mol. The number of pyridine rings is 1. The average Bonchev–Trinajstić information content (AvgIpc) is 2.00. The summed E-state index contributed by atoms with van der Waals surface area (Å²) in [6.45, 7) is 0. The van der Waals surface area contributed by atoms with Crippen molar-refractivity contribution in [3.8, 4) is 0 Å². The van der Waals surface area contributed by atoms with Crippen molar-refractivity contribution < 1.29 is 25.1 Å². The Morgan fingerprint density at radius 2 is 2.00 bits per heavy atom. The molecule has 0 amide bonds. The van der Waals surface area contributed by atoms with E-state index in [1.165, 1.54) is 16.3 Å². The zero-order chi connectivity index (χ0) is 7.98. The molecular weight excluding hydrogens is 257 g/mol. The number of rotatable bonds is 0. The van der Waals surface area contributed by atoms with Gasteiger partial charge in [0.25, 0.3) is 0 Å². The summed E-state index contributed by atoms with van der Waals surface area (Å²) in [7, 11) is 0. The Labute approximate surface area is 73.9 Å². The van der Waals surface area contributed by atoms with Gasteiger partial charge in [0.2, 0.25) is 0 Å². The summed E-state index contributed by atoms with van der Waals surface area (Å²) < 4.78 is 23.6. The van der Waals surface area contributed by atoms with Crippen molar-refractivity contribution in [1.29, 1.82) is 0 Å². The predicted octanol–water partition coefficient (Wildman–Crippen LogP) is 2.00. The van der Waals surface area contributed by atoms with Gasteiger partial charge in [-0.25, -0.2) is 4.39 Å². The van der Waals surface area contributed by atoms with Crippen molar-refractivity contribution in [3.63, 3.8) is 0 Å². The van der Waals surface area contributed by atoms with Crippen LogP contribution in [0.2, 0.25) is 0 Å². The van der Waals surface area contributed by atoms with Crippen LogP contribution >= 0.6 is 13.6 Å². The summed E-state index contributed by atoms with van der Waals surface area (Å²) >= 11 is 4.25. The van der Waals surface area contributed by atoms with Gasteiger partial charge in [0, 0.05) is 5.82 Å². The summed E-state index contributed by atoms with van der Waals surface area (Å²) in [5.74, 6) is -1.36. The molecule has 0 radical (unpaired) electrons. The van der Waals surface area contributed by atoms with Crippen LogP contribution < -0.4 is 0 Å². The van der Waals surface area contributed by atoms with Gasteiger partial charge in [-0.2, -0.15) is 0 Å². The van der Waals surface area contributed by atoms with Gasteiger partial charge in [-0.3, -0.25) is 4.39 Å². The van der Waals surface area contributed by atoms with E-state index in [1.54, 1.807) is 0 Å². The summed E-state index contributed by atoms with van der Waals surface area (Å²) in [6.07, 6.45) is 1.81. The fourth-order valence-electron chi connectivity index (χ4n) is 0.323. The Morgan fingerprint density at radius 3 is 2.30 bits per heavy atom. The number of aromatic nitrogens is 1. The van der Waals surface area contributed by atoms with Gasteiger partial charge >= 0.3 is 30.0 Å². The average molecular weight is 259 g/mol. The second-order valence-electron chi connectivity index (χ2n) is 1.23. The van der Waals surface area contributed by atoms with Crippen molar-refractivity contribution in [2.24, 2.45) is 0 Å². The molecule has 1 heterocycles. The first-order chi connectivity index (χ1) is 4.79. The number of hydrogen-bond acceptors (Lipinski definition) is 1. The van der Waals surface area contributed by atoms with Gasteiger partial charge < -0.3 is 4.98 Å². The molecule has 0 aliphatic heterocycles. The molecule has 1 aromatic heterocycles. The van der Waals surface area contributed by atoms with Crippen molar-refractivity contribution >= 4 is 13.6 Å². The van der Waals surface area contributed by atoms with E-state index in [2.05, 4.69) is 18.6 Å². The van der Waals surface area contributed by atoms with Gasteiger partial charge in [0.05, 0.1) is 5.95 Å². The van der Waals surface area contributed by atoms with Gasteiger partial charge in [-0.1, -0.05) is 0 Å². The molecule has 0 aliphatic rings. The number of hydrogen-bond donors (Lipinski definition) is 0. The Hall–Kier alpha value is 0.113. The summed E-state index contributed by atoms with van der Waals surface area (Å²) in [6, 6.07) is 1.90. The maximum absolute atomic E-state index is 11.8. The first-order valence-corrected chi connectivity index (χ1v) is 9.20. The summed E-state index contributed by atoms with van der Waals surface area (Å²) in [4.78, 5) is 2.91. The molecule has 0 fully saturated rings. The molecule has 0 unspecified atom stereocenters. The SMILES string of the molecule is Fc1[c-]nc(F)cc1.[Zn+][Br]. The Bertz CT molecular complexity index is 159. The van der Waals surface area contributed by atoms with E-state index in [1.807, 2.05) is 6.20 Å². The topological polar surface area (TPSA) is 12.9 Å². The first kappa shape index (κ1) is 10.1. The monoisotopic (exact) mass is 257 g/mol. The summed E-state index contributed by atoms with van der Waals surface area (Å²) in [5.41, 5.74) is 0. The van der Waals surface area contributed by atoms with Gasteiger partial charge in [-0.05, 0) is 6.20 Å². The van der Waals surface area contributed by atoms with Gasteiger partial charge in [-0.15, -0.1) is 12.1 Å². The van der Waals surface area contributed by atoms with E-state index >= 15 is 0 Å². The van der Waals surface area contributed by atoms with Crippen molar-refractivity contribution in [2.75, 3.05) is 0 Å². The van der Waals surface area contributed by atoms with E-state index in [4.69, 9.17) is 0 Å². The molecule has 0 atom stereocenters. The van der Waals surface area contributed by atoms with Crippen molar-refractivity contribution in [3.05, 3.63) is 30.1 Å². The molecule has 0 N–H and O–H groups in total. The third-order valence-electron chi connectivity index (χ3n) is 0.637. The minimum atomic E-state index is -0.716. The van der Waals surface area contributed by atoms with Crippen LogP contribution in [0.5, 0.6) is 0 Å². The fraction of sp³-hybridized carbons (Fsp3) is 0. The normalized spacial score (nSPS) is 8.10. The standard InChI is InChI=1S/C5H2F2N.BrH.Zn/c6-4-1-2-5(7)8-3-4;;/h1-2H;1H;/q-1;;+2/p-1. The second-order valence-corrected chi connectivity index (χ2v) is 1.23. The summed E-state index contributed by atoms with van der Waals surface area (Å²) in [5, 5.41) is 0. The molecule has 0 aliphatic carbocycles. The van der Waals surface area contributed by atoms with Gasteiger partial charge in [0.15, 0.2) is 0 Å². The Kier molecular flexibility index (Phi) is 5.93. The van der Waals surface area contributed by atoms with Crippen molar-refractivity contribution in [2.45, 2.75) is 0 Å². The Balaban J connectivity index is 0.000000371. The van der Waals surface area contributed by atoms with Crippen LogP contribution in [0.3, 0.4) is 0 Å². The van der Waals surface area contributed by atoms with E-state index in [0.717, 1.165) is 12.1 Å². The zero-order valence-corrected chi connectivity index (χ0v) is 9.50. The molecule has 5 heteroatoms. The second kappa shape index (κ2) is 5.87. The third kappa shape index (κ3) is 4.01. The van der Waals surface area contributed by atoms with Crippen LogP contribution in [-0.4, -0.2) is 4.98 Å². The minimum absolute atomic E-state index is 0.647. The molecule has 0 aromatic carbocycles. The zero-order valence-electron chi connectivity index (χ0n) is 4.94. The molecule has 0 bridgehead atoms. The quantitative estimate of drug-likeness (QED) is 0.394. The van der Waals surface area contributed by atoms with E-state index < -0.39 is 11.8 Å². The van der Waals surface area contributed by atoms with Crippen LogP contribution in [0.4, 0.5) is 8.78 Å². The maximum atomic E-state index is 11.8. The van der Waals surface area contributed by atoms with Crippen LogP contribution in [0.15, 0.2) is 12.1 Å². The molecular formula is C5H2BrF2NZn. The fourth-order valence-corrected chi connectivity index (χ4v) is 0.323. The van der Waals surface area contributed by atoms with Crippen molar-refractivity contribution in [1.82, 2.24) is 4.98 Å². The van der Waals surface area contributed by atoms with E-state index in [9.17, 15) is 8.78 Å². The first-order valence-electron chi connectivity index (χ1n) is 2.25. The molecule has 1 nitrogen and oxygen atoms in total. The molecule has 10 heavy (non-hydrogen) atoms. The van der Waals surface area contributed by atoms with Crippen LogP contribution in [0.25, 0.3) is 0 Å². The number of halogens is 3. The molecule has 0 saturated carbocycles. The molecule has 0 spiro atoms. The molecule has 1 rings (SSSR count). The molecule has 1 aromatic rings. The van der Waals surface area contributed by atoms with Gasteiger partial charge in [0.1, 0.15) is 0 Å². The van der Waals surface area contributed by atoms with Crippen LogP contribution in [0, 0.1) is 18.0 Å². The van der Waals surface area contributed by atoms with E-state index in [-0.39, 0.29) is 0 Å². The molecule has 50 valence electrons. The van der Waals surface area contributed by atoms with Crippen LogP contribution in [-0.2, 0) is 16.3 Å².